The summed E-state index contributed by atoms with van der Waals surface area (Å²) < 4.78 is 6.40. The van der Waals surface area contributed by atoms with Crippen LogP contribution in [0.1, 0.15) is 33.9 Å². The maximum atomic E-state index is 12.3. The van der Waals surface area contributed by atoms with Crippen LogP contribution in [0.3, 0.4) is 0 Å². The van der Waals surface area contributed by atoms with Gasteiger partial charge < -0.3 is 10.1 Å². The largest absolute Gasteiger partial charge is 0.489 e. The van der Waals surface area contributed by atoms with Crippen LogP contribution < -0.4 is 10.1 Å². The molecule has 0 aliphatic carbocycles. The summed E-state index contributed by atoms with van der Waals surface area (Å²) in [6, 6.07) is 17.2. The quantitative estimate of drug-likeness (QED) is 0.285. The number of aryl methyl sites for hydroxylation is 2. The minimum absolute atomic E-state index is 0.114. The van der Waals surface area contributed by atoms with Gasteiger partial charge in [-0.1, -0.05) is 18.2 Å². The standard InChI is InChI=1S/C23H23N5O2S/c1-15-13-17(19-5-2-3-6-20(19)25-15)14-30-18-10-8-16(9-11-18)22(29)24-12-4-7-21-26-23(31)28-27-21/h2-3,5-6,8-11,13H,4,7,12,14H2,1H3,(H,24,29)(H2,26,27,28,31). The summed E-state index contributed by atoms with van der Waals surface area (Å²) in [5, 5.41) is 9.65. The van der Waals surface area contributed by atoms with Gasteiger partial charge in [0, 0.05) is 35.2 Å². The molecule has 0 saturated carbocycles. The number of carbonyl (C=O) groups excluding carboxylic acids is 1. The van der Waals surface area contributed by atoms with Crippen LogP contribution in [0.5, 0.6) is 5.75 Å². The molecular formula is C23H23N5O2S. The van der Waals surface area contributed by atoms with Gasteiger partial charge >= 0.3 is 0 Å². The fourth-order valence-corrected chi connectivity index (χ4v) is 3.52. The Morgan fingerprint density at radius 3 is 2.68 bits per heavy atom. The van der Waals surface area contributed by atoms with Crippen LogP contribution in [0.25, 0.3) is 10.9 Å². The number of aromatic nitrogens is 4. The van der Waals surface area contributed by atoms with Crippen molar-refractivity contribution in [3.8, 4) is 5.75 Å². The number of hydrogen-bond acceptors (Lipinski definition) is 5. The van der Waals surface area contributed by atoms with Crippen LogP contribution in [0.2, 0.25) is 0 Å². The van der Waals surface area contributed by atoms with Gasteiger partial charge in [0.2, 0.25) is 4.77 Å². The van der Waals surface area contributed by atoms with Crippen LogP contribution in [-0.2, 0) is 13.0 Å². The molecule has 0 bridgehead atoms. The highest BCUT2D eigenvalue weighted by atomic mass is 32.1. The molecule has 3 N–H and O–H groups in total. The van der Waals surface area contributed by atoms with Gasteiger partial charge in [-0.15, -0.1) is 0 Å². The molecule has 4 rings (SSSR count). The molecule has 8 heteroatoms. The summed E-state index contributed by atoms with van der Waals surface area (Å²) in [4.78, 5) is 21.0. The van der Waals surface area contributed by atoms with Gasteiger partial charge in [0.05, 0.1) is 5.52 Å². The maximum Gasteiger partial charge on any atom is 0.251 e. The predicted molar refractivity (Wildman–Crippen MR) is 122 cm³/mol. The van der Waals surface area contributed by atoms with Crippen LogP contribution in [-0.4, -0.2) is 32.6 Å². The molecule has 7 nitrogen and oxygen atoms in total. The lowest BCUT2D eigenvalue weighted by molar-refractivity contribution is 0.0953. The Kier molecular flexibility index (Phi) is 6.37. The van der Waals surface area contributed by atoms with Crippen LogP contribution in [0.15, 0.2) is 54.6 Å². The Balaban J connectivity index is 1.30. The predicted octanol–water partition coefficient (Wildman–Crippen LogP) is 4.27. The number of rotatable bonds is 8. The molecule has 4 aromatic rings. The molecule has 0 aliphatic heterocycles. The van der Waals surface area contributed by atoms with Crippen molar-refractivity contribution in [2.45, 2.75) is 26.4 Å². The van der Waals surface area contributed by atoms with E-state index in [0.717, 1.165) is 34.4 Å². The maximum absolute atomic E-state index is 12.3. The van der Waals surface area contributed by atoms with Gasteiger partial charge in [-0.25, -0.2) is 4.98 Å². The van der Waals surface area contributed by atoms with Gasteiger partial charge in [-0.2, -0.15) is 0 Å². The van der Waals surface area contributed by atoms with E-state index >= 15 is 0 Å². The highest BCUT2D eigenvalue weighted by molar-refractivity contribution is 7.71. The first-order valence-electron chi connectivity index (χ1n) is 10.1. The summed E-state index contributed by atoms with van der Waals surface area (Å²) in [7, 11) is 0. The van der Waals surface area contributed by atoms with E-state index in [2.05, 4.69) is 25.5 Å². The molecule has 0 aliphatic rings. The molecule has 0 unspecified atom stereocenters. The van der Waals surface area contributed by atoms with Gasteiger partial charge in [-0.05, 0) is 62.0 Å². The molecule has 0 atom stereocenters. The Labute approximate surface area is 184 Å². The van der Waals surface area contributed by atoms with Gasteiger partial charge in [0.1, 0.15) is 18.2 Å². The molecule has 2 aromatic heterocycles. The summed E-state index contributed by atoms with van der Waals surface area (Å²) in [5.41, 5.74) is 3.60. The minimum atomic E-state index is -0.114. The molecule has 158 valence electrons. The van der Waals surface area contributed by atoms with E-state index in [-0.39, 0.29) is 5.91 Å². The van der Waals surface area contributed by atoms with E-state index in [4.69, 9.17) is 17.0 Å². The van der Waals surface area contributed by atoms with Crippen molar-refractivity contribution in [2.24, 2.45) is 0 Å². The van der Waals surface area contributed by atoms with Crippen molar-refractivity contribution in [2.75, 3.05) is 6.54 Å². The van der Waals surface area contributed by atoms with E-state index in [1.807, 2.05) is 49.4 Å². The lowest BCUT2D eigenvalue weighted by Crippen LogP contribution is -2.24. The molecule has 0 fully saturated rings. The van der Waals surface area contributed by atoms with E-state index in [1.165, 1.54) is 0 Å². The topological polar surface area (TPSA) is 95.7 Å². The average molecular weight is 434 g/mol. The monoisotopic (exact) mass is 433 g/mol. The van der Waals surface area contributed by atoms with E-state index in [0.29, 0.717) is 35.7 Å². The number of aromatic amines is 2. The SMILES string of the molecule is Cc1cc(COc2ccc(C(=O)NCCCc3nc(=S)[nH][nH]3)cc2)c2ccccc2n1. The third-order valence-electron chi connectivity index (χ3n) is 4.87. The second kappa shape index (κ2) is 9.53. The number of para-hydroxylation sites is 1. The molecular weight excluding hydrogens is 410 g/mol. The Hall–Kier alpha value is -3.52. The first kappa shape index (κ1) is 20.7. The summed E-state index contributed by atoms with van der Waals surface area (Å²) in [5.74, 6) is 1.39. The molecule has 2 heterocycles. The minimum Gasteiger partial charge on any atom is -0.489 e. The lowest BCUT2D eigenvalue weighted by atomic mass is 10.1. The number of H-pyrrole nitrogens is 2. The number of amides is 1. The highest BCUT2D eigenvalue weighted by Gasteiger charge is 2.07. The second-order valence-electron chi connectivity index (χ2n) is 7.23. The molecule has 0 spiro atoms. The number of benzene rings is 2. The first-order valence-corrected chi connectivity index (χ1v) is 10.5. The number of pyridine rings is 1. The highest BCUT2D eigenvalue weighted by Crippen LogP contribution is 2.21. The number of nitrogens with zero attached hydrogens (tertiary/aromatic N) is 2. The van der Waals surface area contributed by atoms with Crippen molar-refractivity contribution in [3.63, 3.8) is 0 Å². The number of fused-ring (bicyclic) bond motifs is 1. The average Bonchev–Trinajstić information content (AvgIpc) is 3.20. The molecule has 31 heavy (non-hydrogen) atoms. The summed E-state index contributed by atoms with van der Waals surface area (Å²) in [6.07, 6.45) is 1.48. The Morgan fingerprint density at radius 2 is 1.90 bits per heavy atom. The fraction of sp³-hybridized carbons (Fsp3) is 0.217. The van der Waals surface area contributed by atoms with Crippen molar-refractivity contribution >= 4 is 29.0 Å². The smallest absolute Gasteiger partial charge is 0.251 e. The number of ether oxygens (including phenoxy) is 1. The Bertz CT molecular complexity index is 1250. The zero-order chi connectivity index (χ0) is 21.6. The number of hydrogen-bond donors (Lipinski definition) is 3. The summed E-state index contributed by atoms with van der Waals surface area (Å²) >= 11 is 4.92. The van der Waals surface area contributed by atoms with Crippen molar-refractivity contribution in [3.05, 3.63) is 82.0 Å². The van der Waals surface area contributed by atoms with Crippen molar-refractivity contribution in [1.82, 2.24) is 25.5 Å². The van der Waals surface area contributed by atoms with Crippen LogP contribution in [0.4, 0.5) is 0 Å². The normalized spacial score (nSPS) is 10.9. The fourth-order valence-electron chi connectivity index (χ4n) is 3.36. The number of carbonyl (C=O) groups is 1. The van der Waals surface area contributed by atoms with Crippen molar-refractivity contribution in [1.29, 1.82) is 0 Å². The van der Waals surface area contributed by atoms with E-state index in [9.17, 15) is 4.79 Å². The molecule has 0 saturated heterocycles. The molecule has 2 aromatic carbocycles. The number of nitrogens with one attached hydrogen (secondary N) is 3. The Morgan fingerprint density at radius 1 is 1.10 bits per heavy atom. The summed E-state index contributed by atoms with van der Waals surface area (Å²) in [6.45, 7) is 2.97. The molecule has 0 radical (unpaired) electrons. The van der Waals surface area contributed by atoms with E-state index < -0.39 is 0 Å². The van der Waals surface area contributed by atoms with Gasteiger partial charge in [-0.3, -0.25) is 20.0 Å². The van der Waals surface area contributed by atoms with Crippen LogP contribution in [0, 0.1) is 11.7 Å². The second-order valence-corrected chi connectivity index (χ2v) is 7.61. The zero-order valence-corrected chi connectivity index (χ0v) is 18.0. The van der Waals surface area contributed by atoms with Crippen molar-refractivity contribution < 1.29 is 9.53 Å². The lowest BCUT2D eigenvalue weighted by Gasteiger charge is -2.11. The third-order valence-corrected chi connectivity index (χ3v) is 5.06. The zero-order valence-electron chi connectivity index (χ0n) is 17.1. The van der Waals surface area contributed by atoms with Gasteiger partial charge in [0.15, 0.2) is 0 Å². The van der Waals surface area contributed by atoms with Crippen LogP contribution >= 0.6 is 12.2 Å². The van der Waals surface area contributed by atoms with Gasteiger partial charge in [0.25, 0.3) is 5.91 Å². The molecule has 1 amide bonds. The third kappa shape index (κ3) is 5.35. The van der Waals surface area contributed by atoms with E-state index in [1.54, 1.807) is 12.1 Å². The first-order chi connectivity index (χ1) is 15.1.